The topological polar surface area (TPSA) is 63.5 Å². The molecule has 1 heterocycles. The number of nitrogens with zero attached hydrogens (tertiary/aromatic N) is 3. The number of ether oxygens (including phenoxy) is 1. The van der Waals surface area contributed by atoms with Crippen LogP contribution in [0.1, 0.15) is 25.2 Å². The summed E-state index contributed by atoms with van der Waals surface area (Å²) in [5, 5.41) is 11.1. The Morgan fingerprint density at radius 1 is 1.21 bits per heavy atom. The second-order valence-electron chi connectivity index (χ2n) is 6.93. The summed E-state index contributed by atoms with van der Waals surface area (Å²) in [4.78, 5) is 4.24. The van der Waals surface area contributed by atoms with Gasteiger partial charge in [-0.1, -0.05) is 13.0 Å². The number of guanidine groups is 1. The summed E-state index contributed by atoms with van der Waals surface area (Å²) in [6, 6.07) is 8.24. The van der Waals surface area contributed by atoms with Gasteiger partial charge in [0.05, 0.1) is 12.2 Å². The first kappa shape index (κ1) is 24.2. The van der Waals surface area contributed by atoms with Crippen molar-refractivity contribution >= 4 is 29.9 Å². The summed E-state index contributed by atoms with van der Waals surface area (Å²) < 4.78 is 21.0. The van der Waals surface area contributed by atoms with Crippen LogP contribution in [0.2, 0.25) is 0 Å². The van der Waals surface area contributed by atoms with E-state index in [1.165, 1.54) is 17.8 Å². The predicted molar refractivity (Wildman–Crippen MR) is 122 cm³/mol. The summed E-state index contributed by atoms with van der Waals surface area (Å²) in [6.45, 7) is 10.4. The fourth-order valence-electron chi connectivity index (χ4n) is 2.77. The Labute approximate surface area is 184 Å². The number of rotatable bonds is 8. The Bertz CT molecular complexity index is 765. The van der Waals surface area contributed by atoms with Gasteiger partial charge < -0.3 is 15.4 Å². The van der Waals surface area contributed by atoms with Crippen molar-refractivity contribution in [3.63, 3.8) is 0 Å². The van der Waals surface area contributed by atoms with Gasteiger partial charge in [-0.2, -0.15) is 5.10 Å². The summed E-state index contributed by atoms with van der Waals surface area (Å²) in [5.41, 5.74) is 2.21. The van der Waals surface area contributed by atoms with Crippen LogP contribution in [0.15, 0.2) is 35.3 Å². The lowest BCUT2D eigenvalue weighted by Crippen LogP contribution is -2.43. The van der Waals surface area contributed by atoms with Crippen LogP contribution in [0.4, 0.5) is 4.39 Å². The maximum absolute atomic E-state index is 13.2. The number of hydrogen-bond donors (Lipinski definition) is 2. The molecule has 1 aromatic carbocycles. The van der Waals surface area contributed by atoms with Gasteiger partial charge in [0.25, 0.3) is 0 Å². The molecule has 6 nitrogen and oxygen atoms in total. The van der Waals surface area contributed by atoms with Crippen LogP contribution in [-0.2, 0) is 6.54 Å². The van der Waals surface area contributed by atoms with Crippen LogP contribution in [-0.4, -0.2) is 42.0 Å². The van der Waals surface area contributed by atoms with E-state index in [-0.39, 0.29) is 35.9 Å². The molecule has 0 amide bonds. The molecule has 28 heavy (non-hydrogen) atoms. The van der Waals surface area contributed by atoms with Crippen molar-refractivity contribution in [2.45, 2.75) is 40.3 Å². The average Bonchev–Trinajstić information content (AvgIpc) is 2.92. The molecule has 0 saturated carbocycles. The van der Waals surface area contributed by atoms with Gasteiger partial charge in [-0.3, -0.25) is 9.67 Å². The van der Waals surface area contributed by atoms with Crippen molar-refractivity contribution in [1.82, 2.24) is 20.4 Å². The van der Waals surface area contributed by atoms with E-state index in [1.807, 2.05) is 18.5 Å². The largest absolute Gasteiger partial charge is 0.489 e. The predicted octanol–water partition coefficient (Wildman–Crippen LogP) is 3.53. The van der Waals surface area contributed by atoms with Crippen LogP contribution in [0.5, 0.6) is 5.75 Å². The van der Waals surface area contributed by atoms with Gasteiger partial charge in [0.2, 0.25) is 0 Å². The lowest BCUT2D eigenvalue weighted by atomic mass is 10.2. The number of halogens is 2. The average molecular weight is 503 g/mol. The van der Waals surface area contributed by atoms with Crippen molar-refractivity contribution in [3.8, 4) is 5.75 Å². The molecule has 2 unspecified atom stereocenters. The molecule has 0 aliphatic heterocycles. The number of hydrogen-bond acceptors (Lipinski definition) is 3. The normalized spacial score (nSPS) is 13.4. The van der Waals surface area contributed by atoms with E-state index in [0.717, 1.165) is 18.8 Å². The molecular formula is C20H31FIN5O. The SMILES string of the molecule is CN=C(NCC(C)Cn1nc(C)cc1C)NCC(C)Oc1cccc(F)c1.I. The quantitative estimate of drug-likeness (QED) is 0.329. The minimum atomic E-state index is -0.304. The Morgan fingerprint density at radius 2 is 1.93 bits per heavy atom. The number of benzene rings is 1. The minimum Gasteiger partial charge on any atom is -0.489 e. The third kappa shape index (κ3) is 8.04. The second-order valence-corrected chi connectivity index (χ2v) is 6.93. The molecule has 0 aliphatic rings. The standard InChI is InChI=1S/C20H30FN5O.HI/c1-14(13-26-16(3)9-15(2)25-26)11-23-20(22-5)24-12-17(4)27-19-8-6-7-18(21)10-19;/h6-10,14,17H,11-13H2,1-5H3,(H2,22,23,24);1H. The maximum atomic E-state index is 13.2. The summed E-state index contributed by atoms with van der Waals surface area (Å²) >= 11 is 0. The monoisotopic (exact) mass is 503 g/mol. The Hall–Kier alpha value is -1.84. The van der Waals surface area contributed by atoms with Gasteiger partial charge >= 0.3 is 0 Å². The molecule has 0 bridgehead atoms. The molecule has 0 radical (unpaired) electrons. The zero-order valence-electron chi connectivity index (χ0n) is 17.2. The minimum absolute atomic E-state index is 0. The number of nitrogens with one attached hydrogen (secondary N) is 2. The zero-order chi connectivity index (χ0) is 19.8. The molecule has 1 aromatic heterocycles. The van der Waals surface area contributed by atoms with E-state index < -0.39 is 0 Å². The number of aliphatic imine (C=N–C) groups is 1. The fraction of sp³-hybridized carbons (Fsp3) is 0.500. The van der Waals surface area contributed by atoms with Gasteiger partial charge in [-0.25, -0.2) is 4.39 Å². The van der Waals surface area contributed by atoms with Crippen LogP contribution in [0, 0.1) is 25.6 Å². The third-order valence-electron chi connectivity index (χ3n) is 4.12. The number of aromatic nitrogens is 2. The highest BCUT2D eigenvalue weighted by atomic mass is 127. The lowest BCUT2D eigenvalue weighted by Gasteiger charge is -2.19. The van der Waals surface area contributed by atoms with Crippen molar-refractivity contribution in [3.05, 3.63) is 47.5 Å². The Morgan fingerprint density at radius 3 is 2.54 bits per heavy atom. The van der Waals surface area contributed by atoms with Crippen LogP contribution >= 0.6 is 24.0 Å². The highest BCUT2D eigenvalue weighted by molar-refractivity contribution is 14.0. The molecule has 2 atom stereocenters. The number of aryl methyl sites for hydroxylation is 2. The molecule has 2 N–H and O–H groups in total. The van der Waals surface area contributed by atoms with Gasteiger partial charge in [0.15, 0.2) is 5.96 Å². The van der Waals surface area contributed by atoms with Gasteiger partial charge in [0.1, 0.15) is 17.7 Å². The van der Waals surface area contributed by atoms with Crippen molar-refractivity contribution in [2.75, 3.05) is 20.1 Å². The lowest BCUT2D eigenvalue weighted by molar-refractivity contribution is 0.223. The highest BCUT2D eigenvalue weighted by Gasteiger charge is 2.10. The smallest absolute Gasteiger partial charge is 0.191 e. The molecule has 156 valence electrons. The first-order valence-corrected chi connectivity index (χ1v) is 9.25. The van der Waals surface area contributed by atoms with Gasteiger partial charge in [0, 0.05) is 31.9 Å². The molecule has 2 aromatic rings. The van der Waals surface area contributed by atoms with Crippen molar-refractivity contribution < 1.29 is 9.13 Å². The Kier molecular flexibility index (Phi) is 10.3. The summed E-state index contributed by atoms with van der Waals surface area (Å²) in [7, 11) is 1.74. The summed E-state index contributed by atoms with van der Waals surface area (Å²) in [5.74, 6) is 1.32. The molecular weight excluding hydrogens is 472 g/mol. The van der Waals surface area contributed by atoms with Crippen molar-refractivity contribution in [1.29, 1.82) is 0 Å². The first-order valence-electron chi connectivity index (χ1n) is 9.25. The molecule has 0 aliphatic carbocycles. The molecule has 0 saturated heterocycles. The molecule has 0 spiro atoms. The van der Waals surface area contributed by atoms with E-state index in [9.17, 15) is 4.39 Å². The van der Waals surface area contributed by atoms with Gasteiger partial charge in [-0.15, -0.1) is 24.0 Å². The molecule has 2 rings (SSSR count). The zero-order valence-corrected chi connectivity index (χ0v) is 19.5. The second kappa shape index (κ2) is 11.9. The Balaban J connectivity index is 0.00000392. The van der Waals surface area contributed by atoms with E-state index in [2.05, 4.69) is 40.6 Å². The van der Waals surface area contributed by atoms with Gasteiger partial charge in [-0.05, 0) is 44.9 Å². The van der Waals surface area contributed by atoms with Crippen LogP contribution in [0.3, 0.4) is 0 Å². The van der Waals surface area contributed by atoms with Crippen molar-refractivity contribution in [2.24, 2.45) is 10.9 Å². The van der Waals surface area contributed by atoms with E-state index in [0.29, 0.717) is 24.2 Å². The third-order valence-corrected chi connectivity index (χ3v) is 4.12. The molecule has 8 heteroatoms. The van der Waals surface area contributed by atoms with Crippen LogP contribution in [0.25, 0.3) is 0 Å². The van der Waals surface area contributed by atoms with E-state index >= 15 is 0 Å². The first-order chi connectivity index (χ1) is 12.9. The maximum Gasteiger partial charge on any atom is 0.191 e. The fourth-order valence-corrected chi connectivity index (χ4v) is 2.77. The summed E-state index contributed by atoms with van der Waals surface area (Å²) in [6.07, 6.45) is -0.127. The van der Waals surface area contributed by atoms with E-state index in [1.54, 1.807) is 19.2 Å². The van der Waals surface area contributed by atoms with E-state index in [4.69, 9.17) is 4.74 Å². The highest BCUT2D eigenvalue weighted by Crippen LogP contribution is 2.13. The molecule has 0 fully saturated rings. The van der Waals surface area contributed by atoms with Crippen LogP contribution < -0.4 is 15.4 Å².